The quantitative estimate of drug-likeness (QED) is 0.588. The summed E-state index contributed by atoms with van der Waals surface area (Å²) >= 11 is 0. The fraction of sp³-hybridized carbons (Fsp3) is 0.625. The number of rotatable bonds is 2. The van der Waals surface area contributed by atoms with Gasteiger partial charge < -0.3 is 5.32 Å². The minimum Gasteiger partial charge on any atom is -0.394 e. The van der Waals surface area contributed by atoms with Crippen LogP contribution in [0.15, 0.2) is 12.3 Å². The Bertz CT molecular complexity index is 142. The van der Waals surface area contributed by atoms with Crippen molar-refractivity contribution in [3.63, 3.8) is 0 Å². The van der Waals surface area contributed by atoms with Crippen molar-refractivity contribution >= 4 is 5.78 Å². The van der Waals surface area contributed by atoms with Crippen LogP contribution in [0.5, 0.6) is 0 Å². The molecule has 0 atom stereocenters. The van der Waals surface area contributed by atoms with Gasteiger partial charge in [-0.1, -0.05) is 20.8 Å². The molecular weight excluding hydrogens is 126 g/mol. The third-order valence-corrected chi connectivity index (χ3v) is 1.14. The molecular formula is C8H15NO. The van der Waals surface area contributed by atoms with Gasteiger partial charge in [0.1, 0.15) is 0 Å². The molecule has 0 aliphatic rings. The van der Waals surface area contributed by atoms with Crippen molar-refractivity contribution in [2.75, 3.05) is 7.05 Å². The smallest absolute Gasteiger partial charge is 0.162 e. The molecule has 0 aromatic carbocycles. The van der Waals surface area contributed by atoms with E-state index >= 15 is 0 Å². The van der Waals surface area contributed by atoms with E-state index in [1.165, 1.54) is 0 Å². The lowest BCUT2D eigenvalue weighted by atomic mass is 9.91. The molecule has 0 saturated carbocycles. The Labute approximate surface area is 62.3 Å². The monoisotopic (exact) mass is 141 g/mol. The molecule has 58 valence electrons. The maximum Gasteiger partial charge on any atom is 0.162 e. The third kappa shape index (κ3) is 3.28. The van der Waals surface area contributed by atoms with Crippen LogP contribution in [0.3, 0.4) is 0 Å². The van der Waals surface area contributed by atoms with Gasteiger partial charge in [-0.25, -0.2) is 0 Å². The van der Waals surface area contributed by atoms with E-state index < -0.39 is 0 Å². The first kappa shape index (κ1) is 9.21. The highest BCUT2D eigenvalue weighted by Gasteiger charge is 2.17. The lowest BCUT2D eigenvalue weighted by molar-refractivity contribution is -0.121. The Morgan fingerprint density at radius 1 is 1.40 bits per heavy atom. The number of ketones is 1. The van der Waals surface area contributed by atoms with Crippen LogP contribution in [0.25, 0.3) is 0 Å². The molecule has 0 amide bonds. The first-order chi connectivity index (χ1) is 4.48. The zero-order valence-corrected chi connectivity index (χ0v) is 7.06. The summed E-state index contributed by atoms with van der Waals surface area (Å²) in [5, 5.41) is 2.77. The Morgan fingerprint density at radius 2 is 1.90 bits per heavy atom. The molecule has 1 N–H and O–H groups in total. The minimum atomic E-state index is -0.257. The Balaban J connectivity index is 3.98. The van der Waals surface area contributed by atoms with Crippen molar-refractivity contribution in [3.05, 3.63) is 12.3 Å². The van der Waals surface area contributed by atoms with E-state index in [1.54, 1.807) is 19.3 Å². The van der Waals surface area contributed by atoms with Crippen LogP contribution in [0.1, 0.15) is 20.8 Å². The summed E-state index contributed by atoms with van der Waals surface area (Å²) in [6.07, 6.45) is 3.20. The van der Waals surface area contributed by atoms with Crippen LogP contribution in [-0.4, -0.2) is 12.8 Å². The average molecular weight is 141 g/mol. The molecule has 2 heteroatoms. The van der Waals surface area contributed by atoms with Gasteiger partial charge in [0.25, 0.3) is 0 Å². The van der Waals surface area contributed by atoms with Gasteiger partial charge in [-0.3, -0.25) is 4.79 Å². The topological polar surface area (TPSA) is 29.1 Å². The van der Waals surface area contributed by atoms with Crippen molar-refractivity contribution in [2.24, 2.45) is 5.41 Å². The van der Waals surface area contributed by atoms with Crippen molar-refractivity contribution in [1.29, 1.82) is 0 Å². The fourth-order valence-electron chi connectivity index (χ4n) is 0.409. The van der Waals surface area contributed by atoms with Crippen molar-refractivity contribution in [1.82, 2.24) is 5.32 Å². The maximum absolute atomic E-state index is 11.1. The minimum absolute atomic E-state index is 0.141. The number of nitrogens with one attached hydrogen (secondary N) is 1. The van der Waals surface area contributed by atoms with Crippen LogP contribution in [0.4, 0.5) is 0 Å². The van der Waals surface area contributed by atoms with Gasteiger partial charge >= 0.3 is 0 Å². The molecule has 0 radical (unpaired) electrons. The summed E-state index contributed by atoms with van der Waals surface area (Å²) in [5.74, 6) is 0.141. The molecule has 0 aromatic rings. The van der Waals surface area contributed by atoms with Crippen LogP contribution in [-0.2, 0) is 4.79 Å². The number of carbonyl (C=O) groups excluding carboxylic acids is 1. The number of hydrogen-bond acceptors (Lipinski definition) is 2. The second kappa shape index (κ2) is 3.40. The summed E-state index contributed by atoms with van der Waals surface area (Å²) < 4.78 is 0. The molecule has 2 nitrogen and oxygen atoms in total. The Hall–Kier alpha value is -0.790. The molecule has 0 spiro atoms. The standard InChI is InChI=1S/C8H15NO/c1-8(2,3)7(10)5-6-9-4/h5-6,9H,1-4H3. The van der Waals surface area contributed by atoms with E-state index in [2.05, 4.69) is 5.32 Å². The first-order valence-electron chi connectivity index (χ1n) is 3.36. The second-order valence-corrected chi connectivity index (χ2v) is 3.24. The van der Waals surface area contributed by atoms with Crippen molar-refractivity contribution in [3.8, 4) is 0 Å². The van der Waals surface area contributed by atoms with E-state index in [0.717, 1.165) is 0 Å². The molecule has 0 aromatic heterocycles. The molecule has 0 fully saturated rings. The first-order valence-corrected chi connectivity index (χ1v) is 3.36. The highest BCUT2D eigenvalue weighted by molar-refractivity contribution is 5.93. The molecule has 0 heterocycles. The third-order valence-electron chi connectivity index (χ3n) is 1.14. The Kier molecular flexibility index (Phi) is 3.13. The van der Waals surface area contributed by atoms with E-state index in [1.807, 2.05) is 20.8 Å². The van der Waals surface area contributed by atoms with Crippen LogP contribution >= 0.6 is 0 Å². The molecule has 0 aliphatic carbocycles. The van der Waals surface area contributed by atoms with Gasteiger partial charge in [0.15, 0.2) is 5.78 Å². The van der Waals surface area contributed by atoms with Gasteiger partial charge in [0.05, 0.1) is 0 Å². The predicted molar refractivity (Wildman–Crippen MR) is 42.7 cm³/mol. The SMILES string of the molecule is CNC=CC(=O)C(C)(C)C. The number of allylic oxidation sites excluding steroid dienone is 1. The highest BCUT2D eigenvalue weighted by Crippen LogP contribution is 2.14. The molecule has 0 aliphatic heterocycles. The van der Waals surface area contributed by atoms with E-state index in [9.17, 15) is 4.79 Å². The lowest BCUT2D eigenvalue weighted by Gasteiger charge is -2.12. The van der Waals surface area contributed by atoms with E-state index in [-0.39, 0.29) is 11.2 Å². The summed E-state index contributed by atoms with van der Waals surface area (Å²) in [7, 11) is 1.77. The highest BCUT2D eigenvalue weighted by atomic mass is 16.1. The zero-order valence-electron chi connectivity index (χ0n) is 7.06. The van der Waals surface area contributed by atoms with Gasteiger partial charge in [-0.2, -0.15) is 0 Å². The fourth-order valence-corrected chi connectivity index (χ4v) is 0.409. The summed E-state index contributed by atoms with van der Waals surface area (Å²) in [6.45, 7) is 5.69. The second-order valence-electron chi connectivity index (χ2n) is 3.24. The van der Waals surface area contributed by atoms with Gasteiger partial charge in [-0.05, 0) is 12.3 Å². The number of carbonyl (C=O) groups is 1. The maximum atomic E-state index is 11.1. The lowest BCUT2D eigenvalue weighted by Crippen LogP contribution is -2.17. The average Bonchev–Trinajstić information content (AvgIpc) is 1.80. The summed E-state index contributed by atoms with van der Waals surface area (Å²) in [5.41, 5.74) is -0.257. The summed E-state index contributed by atoms with van der Waals surface area (Å²) in [6, 6.07) is 0. The molecule has 0 bridgehead atoms. The molecule has 0 rings (SSSR count). The zero-order chi connectivity index (χ0) is 8.20. The van der Waals surface area contributed by atoms with Gasteiger partial charge in [0, 0.05) is 12.5 Å². The van der Waals surface area contributed by atoms with Gasteiger partial charge in [0.2, 0.25) is 0 Å². The largest absolute Gasteiger partial charge is 0.394 e. The van der Waals surface area contributed by atoms with E-state index in [4.69, 9.17) is 0 Å². The molecule has 10 heavy (non-hydrogen) atoms. The number of hydrogen-bond donors (Lipinski definition) is 1. The van der Waals surface area contributed by atoms with Gasteiger partial charge in [-0.15, -0.1) is 0 Å². The predicted octanol–water partition coefficient (Wildman–Crippen LogP) is 1.33. The van der Waals surface area contributed by atoms with Crippen LogP contribution in [0, 0.1) is 5.41 Å². The van der Waals surface area contributed by atoms with E-state index in [0.29, 0.717) is 0 Å². The molecule has 0 saturated heterocycles. The van der Waals surface area contributed by atoms with Crippen LogP contribution < -0.4 is 5.32 Å². The normalized spacial score (nSPS) is 12.0. The van der Waals surface area contributed by atoms with Crippen LogP contribution in [0.2, 0.25) is 0 Å². The summed E-state index contributed by atoms with van der Waals surface area (Å²) in [4.78, 5) is 11.1. The molecule has 0 unspecified atom stereocenters. The Morgan fingerprint density at radius 3 is 2.20 bits per heavy atom. The van der Waals surface area contributed by atoms with Crippen molar-refractivity contribution < 1.29 is 4.79 Å². The van der Waals surface area contributed by atoms with Crippen molar-refractivity contribution in [2.45, 2.75) is 20.8 Å².